The van der Waals surface area contributed by atoms with E-state index in [0.29, 0.717) is 16.4 Å². The molecule has 1 N–H and O–H groups in total. The van der Waals surface area contributed by atoms with Crippen LogP contribution in [0.5, 0.6) is 0 Å². The molecule has 0 saturated carbocycles. The molecule has 2 heterocycles. The third-order valence-corrected chi connectivity index (χ3v) is 5.70. The van der Waals surface area contributed by atoms with E-state index < -0.39 is 11.7 Å². The molecule has 0 aliphatic heterocycles. The molecule has 1 aromatic carbocycles. The number of carbonyl (C=O) groups excluding carboxylic acids is 1. The molecule has 3 aromatic rings. The van der Waals surface area contributed by atoms with Crippen LogP contribution in [-0.2, 0) is 11.0 Å². The molecule has 3 rings (SSSR count). The number of amides is 1. The molecule has 1 amide bonds. The Bertz CT molecular complexity index is 957. The fraction of sp³-hybridized carbons (Fsp3) is 0.250. The second-order valence-corrected chi connectivity index (χ2v) is 7.58. The molecule has 2 aromatic heterocycles. The third kappa shape index (κ3) is 4.66. The van der Waals surface area contributed by atoms with Crippen LogP contribution in [-0.4, -0.2) is 40.7 Å². The maximum absolute atomic E-state index is 12.6. The Hall–Kier alpha value is -2.40. The number of carbonyl (C=O) groups is 1. The van der Waals surface area contributed by atoms with E-state index in [0.717, 1.165) is 22.0 Å². The van der Waals surface area contributed by atoms with Crippen molar-refractivity contribution in [1.29, 1.82) is 0 Å². The molecule has 0 atom stereocenters. The van der Waals surface area contributed by atoms with Gasteiger partial charge in [-0.2, -0.15) is 18.2 Å². The topological polar surface area (TPSA) is 71.0 Å². The Balaban J connectivity index is 1.65. The summed E-state index contributed by atoms with van der Waals surface area (Å²) in [6.07, 6.45) is -3.02. The number of halogens is 3. The van der Waals surface area contributed by atoms with E-state index in [-0.39, 0.29) is 11.7 Å². The van der Waals surface area contributed by atoms with Crippen molar-refractivity contribution in [3.8, 4) is 0 Å². The van der Waals surface area contributed by atoms with Gasteiger partial charge in [-0.1, -0.05) is 23.1 Å². The minimum atomic E-state index is -4.41. The Labute approximate surface area is 160 Å². The molecule has 0 radical (unpaired) electrons. The number of hydrogen-bond acceptors (Lipinski definition) is 7. The van der Waals surface area contributed by atoms with Crippen molar-refractivity contribution in [2.75, 3.05) is 30.1 Å². The van der Waals surface area contributed by atoms with Crippen LogP contribution in [0, 0.1) is 0 Å². The van der Waals surface area contributed by atoms with Crippen LogP contribution >= 0.6 is 23.1 Å². The van der Waals surface area contributed by atoms with E-state index in [1.165, 1.54) is 41.6 Å². The molecule has 0 fully saturated rings. The van der Waals surface area contributed by atoms with Gasteiger partial charge in [0.15, 0.2) is 10.8 Å². The second-order valence-electron chi connectivity index (χ2n) is 5.63. The Morgan fingerprint density at radius 1 is 1.22 bits per heavy atom. The molecule has 6 nitrogen and oxygen atoms in total. The number of rotatable bonds is 5. The lowest BCUT2D eigenvalue weighted by Gasteiger charge is -2.08. The summed E-state index contributed by atoms with van der Waals surface area (Å²) in [5, 5.41) is 3.98. The second kappa shape index (κ2) is 7.69. The molecule has 0 unspecified atom stereocenters. The maximum atomic E-state index is 12.6. The van der Waals surface area contributed by atoms with Crippen molar-refractivity contribution in [3.05, 3.63) is 36.2 Å². The summed E-state index contributed by atoms with van der Waals surface area (Å²) in [5.41, 5.74) is 0.0959. The first-order chi connectivity index (χ1) is 12.7. The lowest BCUT2D eigenvalue weighted by molar-refractivity contribution is -0.137. The van der Waals surface area contributed by atoms with Gasteiger partial charge in [-0.3, -0.25) is 4.79 Å². The zero-order valence-corrected chi connectivity index (χ0v) is 15.9. The lowest BCUT2D eigenvalue weighted by Crippen LogP contribution is -2.14. The fourth-order valence-electron chi connectivity index (χ4n) is 2.09. The number of anilines is 2. The summed E-state index contributed by atoms with van der Waals surface area (Å²) < 4.78 is 38.5. The highest BCUT2D eigenvalue weighted by Gasteiger charge is 2.30. The first kappa shape index (κ1) is 19.4. The summed E-state index contributed by atoms with van der Waals surface area (Å²) in [5.74, 6) is -0.286. The van der Waals surface area contributed by atoms with Gasteiger partial charge in [0, 0.05) is 19.8 Å². The number of aromatic nitrogens is 3. The average molecular weight is 413 g/mol. The van der Waals surface area contributed by atoms with Gasteiger partial charge >= 0.3 is 6.18 Å². The summed E-state index contributed by atoms with van der Waals surface area (Å²) in [7, 11) is 3.74. The predicted molar refractivity (Wildman–Crippen MR) is 100 cm³/mol. The first-order valence-corrected chi connectivity index (χ1v) is 9.43. The summed E-state index contributed by atoms with van der Waals surface area (Å²) in [6.45, 7) is 0. The lowest BCUT2D eigenvalue weighted by atomic mass is 10.2. The number of alkyl halides is 3. The minimum absolute atomic E-state index is 0.0579. The monoisotopic (exact) mass is 413 g/mol. The number of fused-ring (bicyclic) bond motifs is 1. The van der Waals surface area contributed by atoms with Crippen LogP contribution in [0.3, 0.4) is 0 Å². The quantitative estimate of drug-likeness (QED) is 0.505. The highest BCUT2D eigenvalue weighted by molar-refractivity contribution is 8.00. The van der Waals surface area contributed by atoms with Crippen LogP contribution in [0.15, 0.2) is 35.6 Å². The largest absolute Gasteiger partial charge is 0.416 e. The van der Waals surface area contributed by atoms with Gasteiger partial charge in [0.2, 0.25) is 5.91 Å². The molecule has 0 aliphatic carbocycles. The van der Waals surface area contributed by atoms with E-state index in [2.05, 4.69) is 20.3 Å². The summed E-state index contributed by atoms with van der Waals surface area (Å²) in [4.78, 5) is 26.7. The van der Waals surface area contributed by atoms with Gasteiger partial charge in [-0.15, -0.1) is 0 Å². The van der Waals surface area contributed by atoms with Crippen molar-refractivity contribution < 1.29 is 18.0 Å². The van der Waals surface area contributed by atoms with Gasteiger partial charge < -0.3 is 10.2 Å². The van der Waals surface area contributed by atoms with Gasteiger partial charge in [0.25, 0.3) is 0 Å². The third-order valence-electron chi connectivity index (χ3n) is 3.37. The highest BCUT2D eigenvalue weighted by atomic mass is 32.2. The molecular weight excluding hydrogens is 399 g/mol. The first-order valence-electron chi connectivity index (χ1n) is 7.63. The molecule has 142 valence electrons. The van der Waals surface area contributed by atoms with E-state index in [9.17, 15) is 18.0 Å². The summed E-state index contributed by atoms with van der Waals surface area (Å²) in [6, 6.07) is 4.30. The molecule has 0 spiro atoms. The molecule has 27 heavy (non-hydrogen) atoms. The fourth-order valence-corrected chi connectivity index (χ4v) is 3.90. The number of nitrogens with one attached hydrogen (secondary N) is 1. The van der Waals surface area contributed by atoms with Gasteiger partial charge in [-0.05, 0) is 24.3 Å². The van der Waals surface area contributed by atoms with Gasteiger partial charge in [0.05, 0.1) is 11.3 Å². The minimum Gasteiger partial charge on any atom is -0.354 e. The van der Waals surface area contributed by atoms with E-state index >= 15 is 0 Å². The molecule has 11 heteroatoms. The Morgan fingerprint density at radius 3 is 2.56 bits per heavy atom. The van der Waals surface area contributed by atoms with Crippen LogP contribution in [0.4, 0.5) is 24.0 Å². The SMILES string of the molecule is CN(C)c1nc2ncnc(SCC(=O)Nc3ccc(C(F)(F)F)cc3)c2s1. The number of thioether (sulfide) groups is 1. The standard InChI is InChI=1S/C16H14F3N5OS2/c1-24(2)15-23-13-12(27-15)14(21-8-20-13)26-7-11(25)22-10-5-3-9(4-6-10)16(17,18)19/h3-6,8H,7H2,1-2H3,(H,22,25). The highest BCUT2D eigenvalue weighted by Crippen LogP contribution is 2.33. The molecular formula is C16H14F3N5OS2. The van der Waals surface area contributed by atoms with E-state index in [4.69, 9.17) is 0 Å². The molecule has 0 saturated heterocycles. The van der Waals surface area contributed by atoms with Crippen LogP contribution in [0.25, 0.3) is 10.3 Å². The van der Waals surface area contributed by atoms with Crippen LogP contribution in [0.1, 0.15) is 5.56 Å². The Morgan fingerprint density at radius 2 is 1.93 bits per heavy atom. The van der Waals surface area contributed by atoms with Crippen molar-refractivity contribution in [2.24, 2.45) is 0 Å². The zero-order chi connectivity index (χ0) is 19.6. The number of thiazole rings is 1. The van der Waals surface area contributed by atoms with Crippen molar-refractivity contribution in [2.45, 2.75) is 11.2 Å². The van der Waals surface area contributed by atoms with E-state index in [1.807, 2.05) is 19.0 Å². The smallest absolute Gasteiger partial charge is 0.354 e. The number of nitrogens with zero attached hydrogens (tertiary/aromatic N) is 4. The zero-order valence-electron chi connectivity index (χ0n) is 14.2. The van der Waals surface area contributed by atoms with Crippen molar-refractivity contribution >= 4 is 50.2 Å². The van der Waals surface area contributed by atoms with Gasteiger partial charge in [-0.25, -0.2) is 9.97 Å². The molecule has 0 aliphatic rings. The van der Waals surface area contributed by atoms with Crippen LogP contribution in [0.2, 0.25) is 0 Å². The normalized spacial score (nSPS) is 11.6. The Kier molecular flexibility index (Phi) is 5.51. The van der Waals surface area contributed by atoms with Gasteiger partial charge in [0.1, 0.15) is 16.1 Å². The number of hydrogen-bond donors (Lipinski definition) is 1. The predicted octanol–water partition coefficient (Wildman–Crippen LogP) is 3.90. The molecule has 0 bridgehead atoms. The summed E-state index contributed by atoms with van der Waals surface area (Å²) >= 11 is 2.64. The van der Waals surface area contributed by atoms with E-state index in [1.54, 1.807) is 0 Å². The number of benzene rings is 1. The maximum Gasteiger partial charge on any atom is 0.416 e. The average Bonchev–Trinajstić information content (AvgIpc) is 3.05. The van der Waals surface area contributed by atoms with Crippen molar-refractivity contribution in [1.82, 2.24) is 15.0 Å². The van der Waals surface area contributed by atoms with Crippen LogP contribution < -0.4 is 10.2 Å². The van der Waals surface area contributed by atoms with Crippen molar-refractivity contribution in [3.63, 3.8) is 0 Å².